The van der Waals surface area contributed by atoms with Crippen LogP contribution in [0.2, 0.25) is 0 Å². The van der Waals surface area contributed by atoms with Gasteiger partial charge in [-0.2, -0.15) is 0 Å². The SMILES string of the molecule is O=C(Cc1ccncc1)Nc1ccc(Br)cc1C(=O)O. The Morgan fingerprint density at radius 1 is 1.20 bits per heavy atom. The molecule has 102 valence electrons. The summed E-state index contributed by atoms with van der Waals surface area (Å²) in [5.41, 5.74) is 1.13. The molecule has 2 rings (SSSR count). The van der Waals surface area contributed by atoms with Crippen molar-refractivity contribution in [1.29, 1.82) is 0 Å². The van der Waals surface area contributed by atoms with Gasteiger partial charge in [0, 0.05) is 16.9 Å². The molecule has 0 aliphatic rings. The Bertz CT molecular complexity index is 644. The third kappa shape index (κ3) is 3.64. The van der Waals surface area contributed by atoms with E-state index in [1.807, 2.05) is 0 Å². The zero-order valence-electron chi connectivity index (χ0n) is 10.3. The number of carbonyl (C=O) groups excluding carboxylic acids is 1. The number of pyridine rings is 1. The zero-order valence-corrected chi connectivity index (χ0v) is 11.9. The molecule has 0 radical (unpaired) electrons. The van der Waals surface area contributed by atoms with Crippen LogP contribution in [0.25, 0.3) is 0 Å². The van der Waals surface area contributed by atoms with Crippen LogP contribution >= 0.6 is 15.9 Å². The molecule has 0 aliphatic carbocycles. The van der Waals surface area contributed by atoms with Crippen molar-refractivity contribution in [3.63, 3.8) is 0 Å². The van der Waals surface area contributed by atoms with Crippen LogP contribution in [0.3, 0.4) is 0 Å². The highest BCUT2D eigenvalue weighted by atomic mass is 79.9. The molecule has 0 bridgehead atoms. The number of aromatic carboxylic acids is 1. The Morgan fingerprint density at radius 2 is 1.90 bits per heavy atom. The summed E-state index contributed by atoms with van der Waals surface area (Å²) in [5, 5.41) is 11.7. The predicted molar refractivity (Wildman–Crippen MR) is 77.7 cm³/mol. The van der Waals surface area contributed by atoms with E-state index in [2.05, 4.69) is 26.2 Å². The van der Waals surface area contributed by atoms with Gasteiger partial charge in [0.1, 0.15) is 0 Å². The van der Waals surface area contributed by atoms with Crippen LogP contribution in [0, 0.1) is 0 Å². The number of aromatic nitrogens is 1. The van der Waals surface area contributed by atoms with Gasteiger partial charge in [-0.25, -0.2) is 4.79 Å². The van der Waals surface area contributed by atoms with E-state index in [1.54, 1.807) is 36.7 Å². The average molecular weight is 335 g/mol. The second-order valence-electron chi connectivity index (χ2n) is 4.08. The number of carboxylic acids is 1. The van der Waals surface area contributed by atoms with Gasteiger partial charge in [-0.05, 0) is 35.9 Å². The lowest BCUT2D eigenvalue weighted by molar-refractivity contribution is -0.115. The first kappa shape index (κ1) is 14.2. The van der Waals surface area contributed by atoms with Gasteiger partial charge in [0.15, 0.2) is 0 Å². The lowest BCUT2D eigenvalue weighted by atomic mass is 10.1. The van der Waals surface area contributed by atoms with E-state index in [4.69, 9.17) is 5.11 Å². The number of nitrogens with zero attached hydrogens (tertiary/aromatic N) is 1. The second kappa shape index (κ2) is 6.29. The summed E-state index contributed by atoms with van der Waals surface area (Å²) in [6.07, 6.45) is 3.37. The number of benzene rings is 1. The first-order chi connectivity index (χ1) is 9.56. The highest BCUT2D eigenvalue weighted by Crippen LogP contribution is 2.21. The molecule has 2 aromatic rings. The van der Waals surface area contributed by atoms with Gasteiger partial charge in [0.2, 0.25) is 5.91 Å². The number of amides is 1. The number of nitrogens with one attached hydrogen (secondary N) is 1. The van der Waals surface area contributed by atoms with Gasteiger partial charge in [-0.15, -0.1) is 0 Å². The average Bonchev–Trinajstić information content (AvgIpc) is 2.41. The van der Waals surface area contributed by atoms with Crippen molar-refractivity contribution in [1.82, 2.24) is 4.98 Å². The number of hydrogen-bond acceptors (Lipinski definition) is 3. The molecule has 6 heteroatoms. The lowest BCUT2D eigenvalue weighted by Crippen LogP contribution is -2.16. The molecule has 1 aromatic carbocycles. The second-order valence-corrected chi connectivity index (χ2v) is 4.99. The van der Waals surface area contributed by atoms with Crippen molar-refractivity contribution in [2.24, 2.45) is 0 Å². The number of anilines is 1. The summed E-state index contributed by atoms with van der Waals surface area (Å²) < 4.78 is 0.641. The van der Waals surface area contributed by atoms with Gasteiger partial charge < -0.3 is 10.4 Å². The third-order valence-corrected chi connectivity index (χ3v) is 3.09. The van der Waals surface area contributed by atoms with E-state index < -0.39 is 5.97 Å². The molecular formula is C14H11BrN2O3. The Hall–Kier alpha value is -2.21. The first-order valence-electron chi connectivity index (χ1n) is 5.78. The Labute approximate surface area is 123 Å². The number of rotatable bonds is 4. The summed E-state index contributed by atoms with van der Waals surface area (Å²) >= 11 is 3.20. The number of halogens is 1. The maximum absolute atomic E-state index is 11.9. The first-order valence-corrected chi connectivity index (χ1v) is 6.57. The normalized spacial score (nSPS) is 10.1. The largest absolute Gasteiger partial charge is 0.478 e. The molecule has 0 saturated carbocycles. The van der Waals surface area contributed by atoms with Crippen molar-refractivity contribution in [3.8, 4) is 0 Å². The number of hydrogen-bond donors (Lipinski definition) is 2. The van der Waals surface area contributed by atoms with E-state index in [1.165, 1.54) is 6.07 Å². The smallest absolute Gasteiger partial charge is 0.337 e. The van der Waals surface area contributed by atoms with Crippen molar-refractivity contribution in [2.45, 2.75) is 6.42 Å². The molecule has 0 atom stereocenters. The number of carboxylic acid groups (broad SMARTS) is 1. The van der Waals surface area contributed by atoms with Crippen LogP contribution in [0.15, 0.2) is 47.2 Å². The highest BCUT2D eigenvalue weighted by molar-refractivity contribution is 9.10. The lowest BCUT2D eigenvalue weighted by Gasteiger charge is -2.09. The maximum Gasteiger partial charge on any atom is 0.337 e. The van der Waals surface area contributed by atoms with E-state index in [0.29, 0.717) is 4.47 Å². The van der Waals surface area contributed by atoms with Crippen LogP contribution in [0.5, 0.6) is 0 Å². The highest BCUT2D eigenvalue weighted by Gasteiger charge is 2.13. The monoisotopic (exact) mass is 334 g/mol. The van der Waals surface area contributed by atoms with Crippen LogP contribution in [-0.4, -0.2) is 22.0 Å². The van der Waals surface area contributed by atoms with E-state index >= 15 is 0 Å². The summed E-state index contributed by atoms with van der Waals surface area (Å²) in [7, 11) is 0. The van der Waals surface area contributed by atoms with Crippen molar-refractivity contribution >= 4 is 33.5 Å². The van der Waals surface area contributed by atoms with Gasteiger partial charge in [0.25, 0.3) is 0 Å². The molecule has 5 nitrogen and oxygen atoms in total. The third-order valence-electron chi connectivity index (χ3n) is 2.60. The minimum atomic E-state index is -1.09. The van der Waals surface area contributed by atoms with Gasteiger partial charge in [0.05, 0.1) is 17.7 Å². The Balaban J connectivity index is 2.14. The van der Waals surface area contributed by atoms with Gasteiger partial charge in [-0.1, -0.05) is 15.9 Å². The molecule has 0 unspecified atom stereocenters. The minimum Gasteiger partial charge on any atom is -0.478 e. The molecule has 1 heterocycles. The topological polar surface area (TPSA) is 79.3 Å². The van der Waals surface area contributed by atoms with E-state index in [9.17, 15) is 9.59 Å². The quantitative estimate of drug-likeness (QED) is 0.900. The van der Waals surface area contributed by atoms with Crippen LogP contribution in [0.4, 0.5) is 5.69 Å². The summed E-state index contributed by atoms with van der Waals surface area (Å²) in [4.78, 5) is 26.9. The standard InChI is InChI=1S/C14H11BrN2O3/c15-10-1-2-12(11(8-10)14(19)20)17-13(18)7-9-3-5-16-6-4-9/h1-6,8H,7H2,(H,17,18)(H,19,20). The Morgan fingerprint density at radius 3 is 2.55 bits per heavy atom. The molecule has 2 N–H and O–H groups in total. The molecule has 0 saturated heterocycles. The summed E-state index contributed by atoms with van der Waals surface area (Å²) in [6, 6.07) is 8.15. The van der Waals surface area contributed by atoms with Crippen molar-refractivity contribution in [3.05, 3.63) is 58.3 Å². The summed E-state index contributed by atoms with van der Waals surface area (Å²) in [5.74, 6) is -1.37. The fraction of sp³-hybridized carbons (Fsp3) is 0.0714. The van der Waals surface area contributed by atoms with Crippen molar-refractivity contribution < 1.29 is 14.7 Å². The maximum atomic E-state index is 11.9. The fourth-order valence-corrected chi connectivity index (χ4v) is 2.04. The zero-order chi connectivity index (χ0) is 14.5. The molecule has 0 spiro atoms. The van der Waals surface area contributed by atoms with E-state index in [0.717, 1.165) is 5.56 Å². The molecular weight excluding hydrogens is 324 g/mol. The molecule has 0 fully saturated rings. The van der Waals surface area contributed by atoms with Gasteiger partial charge in [-0.3, -0.25) is 9.78 Å². The van der Waals surface area contributed by atoms with Crippen molar-refractivity contribution in [2.75, 3.05) is 5.32 Å². The summed E-state index contributed by atoms with van der Waals surface area (Å²) in [6.45, 7) is 0. The van der Waals surface area contributed by atoms with Crippen LogP contribution < -0.4 is 5.32 Å². The minimum absolute atomic E-state index is 0.0439. The predicted octanol–water partition coefficient (Wildman–Crippen LogP) is 2.72. The molecule has 0 aliphatic heterocycles. The van der Waals surface area contributed by atoms with Crippen LogP contribution in [-0.2, 0) is 11.2 Å². The van der Waals surface area contributed by atoms with Crippen LogP contribution in [0.1, 0.15) is 15.9 Å². The van der Waals surface area contributed by atoms with Gasteiger partial charge >= 0.3 is 5.97 Å². The molecule has 1 amide bonds. The number of carbonyl (C=O) groups is 2. The molecule has 20 heavy (non-hydrogen) atoms. The molecule has 1 aromatic heterocycles. The fourth-order valence-electron chi connectivity index (χ4n) is 1.68. The Kier molecular flexibility index (Phi) is 4.47. The van der Waals surface area contributed by atoms with E-state index in [-0.39, 0.29) is 23.6 Å².